The Balaban J connectivity index is 1.49. The Morgan fingerprint density at radius 1 is 1.07 bits per heavy atom. The number of hydrogen-bond donors (Lipinski definition) is 3. The van der Waals surface area contributed by atoms with Crippen LogP contribution in [0, 0.1) is 6.92 Å². The summed E-state index contributed by atoms with van der Waals surface area (Å²) < 4.78 is 7.81. The lowest BCUT2D eigenvalue weighted by molar-refractivity contribution is -0.121. The summed E-state index contributed by atoms with van der Waals surface area (Å²) in [7, 11) is -1.61. The first kappa shape index (κ1) is 29.2. The highest BCUT2D eigenvalue weighted by molar-refractivity contribution is 6.58. The number of aromatic nitrogens is 3. The predicted octanol–water partition coefficient (Wildman–Crippen LogP) is 2.52. The lowest BCUT2D eigenvalue weighted by atomic mass is 9.79. The van der Waals surface area contributed by atoms with Gasteiger partial charge in [-0.1, -0.05) is 48.0 Å². The molecule has 10 nitrogen and oxygen atoms in total. The molecule has 12 heteroatoms. The average molecular weight is 586 g/mol. The Morgan fingerprint density at radius 3 is 2.60 bits per heavy atom. The number of hydrogen-bond acceptors (Lipinski definition) is 8. The lowest BCUT2D eigenvalue weighted by Crippen LogP contribution is -2.30. The number of aryl methyl sites for hydroxylation is 1. The SMILES string of the molecule is CCNC(=O)C[C@@H]1N=C(c2ccc(Cl)cc2)c2cc(OCC(=O)Cc3cccc(B(O)O)c3)ccc2-n2c(C)nnc21. The first-order valence-electron chi connectivity index (χ1n) is 13.5. The maximum absolute atomic E-state index is 12.8. The second kappa shape index (κ2) is 12.7. The zero-order valence-electron chi connectivity index (χ0n) is 23.1. The zero-order chi connectivity index (χ0) is 29.8. The van der Waals surface area contributed by atoms with Crippen molar-refractivity contribution in [3.8, 4) is 11.4 Å². The van der Waals surface area contributed by atoms with Crippen LogP contribution in [0.5, 0.6) is 5.75 Å². The van der Waals surface area contributed by atoms with Crippen LogP contribution in [0.4, 0.5) is 0 Å². The van der Waals surface area contributed by atoms with E-state index in [-0.39, 0.29) is 31.1 Å². The molecule has 3 N–H and O–H groups in total. The number of aliphatic imine (C=N–C) groups is 1. The van der Waals surface area contributed by atoms with E-state index in [0.29, 0.717) is 45.7 Å². The smallest absolute Gasteiger partial charge is 0.486 e. The van der Waals surface area contributed by atoms with Crippen LogP contribution in [0.1, 0.15) is 47.7 Å². The van der Waals surface area contributed by atoms with E-state index in [0.717, 1.165) is 16.8 Å². The second-order valence-corrected chi connectivity index (χ2v) is 10.3. The normalized spacial score (nSPS) is 13.8. The van der Waals surface area contributed by atoms with Gasteiger partial charge in [0.05, 0.1) is 17.8 Å². The Hall–Kier alpha value is -4.32. The Kier molecular flexibility index (Phi) is 8.82. The molecule has 3 aromatic carbocycles. The Bertz CT molecular complexity index is 1650. The number of carbonyl (C=O) groups excluding carboxylic acids is 2. The number of ketones is 1. The molecule has 2 heterocycles. The molecule has 1 aliphatic rings. The highest BCUT2D eigenvalue weighted by atomic mass is 35.5. The third-order valence-electron chi connectivity index (χ3n) is 6.82. The number of rotatable bonds is 10. The number of ether oxygens (including phenoxy) is 1. The topological polar surface area (TPSA) is 139 Å². The molecular formula is C30H29BClN5O5. The van der Waals surface area contributed by atoms with Gasteiger partial charge < -0.3 is 20.1 Å². The molecule has 1 amide bonds. The molecule has 4 aromatic rings. The summed E-state index contributed by atoms with van der Waals surface area (Å²) in [6, 6.07) is 18.7. The minimum Gasteiger partial charge on any atom is -0.486 e. The van der Waals surface area contributed by atoms with Crippen LogP contribution in [0.15, 0.2) is 71.7 Å². The summed E-state index contributed by atoms with van der Waals surface area (Å²) >= 11 is 6.18. The van der Waals surface area contributed by atoms with E-state index in [9.17, 15) is 19.6 Å². The van der Waals surface area contributed by atoms with Crippen molar-refractivity contribution in [3.05, 3.63) is 100 Å². The van der Waals surface area contributed by atoms with Gasteiger partial charge in [-0.3, -0.25) is 19.1 Å². The van der Waals surface area contributed by atoms with Crippen LogP contribution in [-0.4, -0.2) is 62.5 Å². The van der Waals surface area contributed by atoms with Crippen molar-refractivity contribution in [2.75, 3.05) is 13.2 Å². The van der Waals surface area contributed by atoms with Crippen LogP contribution >= 0.6 is 11.6 Å². The van der Waals surface area contributed by atoms with E-state index >= 15 is 0 Å². The standard InChI is InChI=1S/C30H29BClN5O5/c1-3-33-28(39)16-26-30-36-35-18(2)37(30)27-12-11-24(15-25(27)29(34-26)20-7-9-22(32)10-8-20)42-17-23(38)14-19-5-4-6-21(13-19)31(40)41/h4-13,15,26,40-41H,3,14,16-17H2,1-2H3,(H,33,39)/t26-/m0/s1. The third-order valence-corrected chi connectivity index (χ3v) is 7.07. The highest BCUT2D eigenvalue weighted by Gasteiger charge is 2.30. The zero-order valence-corrected chi connectivity index (χ0v) is 23.9. The van der Waals surface area contributed by atoms with E-state index in [4.69, 9.17) is 21.3 Å². The largest absolute Gasteiger partial charge is 0.488 e. The Morgan fingerprint density at radius 2 is 1.86 bits per heavy atom. The summed E-state index contributed by atoms with van der Waals surface area (Å²) in [5.74, 6) is 1.31. The van der Waals surface area contributed by atoms with Crippen molar-refractivity contribution in [1.82, 2.24) is 20.1 Å². The molecule has 0 saturated heterocycles. The van der Waals surface area contributed by atoms with E-state index in [2.05, 4.69) is 15.5 Å². The lowest BCUT2D eigenvalue weighted by Gasteiger charge is -2.15. The maximum Gasteiger partial charge on any atom is 0.488 e. The minimum absolute atomic E-state index is 0.0771. The number of amides is 1. The Labute approximate surface area is 248 Å². The number of carbonyl (C=O) groups is 2. The van der Waals surface area contributed by atoms with Crippen molar-refractivity contribution in [2.45, 2.75) is 32.7 Å². The van der Waals surface area contributed by atoms with Crippen LogP contribution in [-0.2, 0) is 16.0 Å². The maximum atomic E-state index is 12.8. The van der Waals surface area contributed by atoms with Gasteiger partial charge >= 0.3 is 7.12 Å². The van der Waals surface area contributed by atoms with Crippen molar-refractivity contribution >= 4 is 41.6 Å². The third kappa shape index (κ3) is 6.43. The summed E-state index contributed by atoms with van der Waals surface area (Å²) in [6.07, 6.45) is 0.164. The van der Waals surface area contributed by atoms with Crippen molar-refractivity contribution in [1.29, 1.82) is 0 Å². The molecule has 1 aliphatic heterocycles. The predicted molar refractivity (Wildman–Crippen MR) is 160 cm³/mol. The van der Waals surface area contributed by atoms with E-state index in [1.54, 1.807) is 42.5 Å². The van der Waals surface area contributed by atoms with Gasteiger partial charge in [-0.15, -0.1) is 10.2 Å². The van der Waals surface area contributed by atoms with Crippen molar-refractivity contribution < 1.29 is 24.4 Å². The summed E-state index contributed by atoms with van der Waals surface area (Å²) in [4.78, 5) is 30.4. The van der Waals surface area contributed by atoms with E-state index in [1.807, 2.05) is 42.7 Å². The highest BCUT2D eigenvalue weighted by Crippen LogP contribution is 2.34. The van der Waals surface area contributed by atoms with Gasteiger partial charge in [0.2, 0.25) is 5.91 Å². The molecule has 42 heavy (non-hydrogen) atoms. The molecule has 0 unspecified atom stereocenters. The van der Waals surface area contributed by atoms with Gasteiger partial charge in [0.1, 0.15) is 24.2 Å². The summed E-state index contributed by atoms with van der Waals surface area (Å²) in [5.41, 5.74) is 3.86. The van der Waals surface area contributed by atoms with Gasteiger partial charge in [0, 0.05) is 29.1 Å². The van der Waals surface area contributed by atoms with E-state index < -0.39 is 13.2 Å². The molecule has 0 radical (unpaired) electrons. The monoisotopic (exact) mass is 585 g/mol. The van der Waals surface area contributed by atoms with E-state index in [1.165, 1.54) is 0 Å². The minimum atomic E-state index is -1.61. The first-order chi connectivity index (χ1) is 20.2. The van der Waals surface area contributed by atoms with Gasteiger partial charge in [-0.25, -0.2) is 0 Å². The number of fused-ring (bicyclic) bond motifs is 3. The van der Waals surface area contributed by atoms with Gasteiger partial charge in [-0.05, 0) is 55.2 Å². The van der Waals surface area contributed by atoms with Gasteiger partial charge in [0.25, 0.3) is 0 Å². The van der Waals surface area contributed by atoms with Crippen molar-refractivity contribution in [2.24, 2.45) is 4.99 Å². The molecular weight excluding hydrogens is 557 g/mol. The van der Waals surface area contributed by atoms with Crippen LogP contribution < -0.4 is 15.5 Å². The number of halogens is 1. The van der Waals surface area contributed by atoms with Crippen LogP contribution in [0.3, 0.4) is 0 Å². The number of Topliss-reactive ketones (excluding diaryl/α,β-unsaturated/α-hetero) is 1. The van der Waals surface area contributed by atoms with Crippen LogP contribution in [0.2, 0.25) is 5.02 Å². The van der Waals surface area contributed by atoms with Gasteiger partial charge in [0.15, 0.2) is 11.6 Å². The average Bonchev–Trinajstić information content (AvgIpc) is 3.29. The number of nitrogens with zero attached hydrogens (tertiary/aromatic N) is 4. The molecule has 1 atom stereocenters. The summed E-state index contributed by atoms with van der Waals surface area (Å²) in [5, 5.41) is 30.9. The fourth-order valence-corrected chi connectivity index (χ4v) is 5.02. The molecule has 0 fully saturated rings. The quantitative estimate of drug-likeness (QED) is 0.243. The summed E-state index contributed by atoms with van der Waals surface area (Å²) in [6.45, 7) is 4.01. The molecule has 0 saturated carbocycles. The molecule has 0 spiro atoms. The van der Waals surface area contributed by atoms with Crippen LogP contribution in [0.25, 0.3) is 5.69 Å². The van der Waals surface area contributed by atoms with Crippen molar-refractivity contribution in [3.63, 3.8) is 0 Å². The number of nitrogens with one attached hydrogen (secondary N) is 1. The van der Waals surface area contributed by atoms with Gasteiger partial charge in [-0.2, -0.15) is 0 Å². The molecule has 5 rings (SSSR count). The molecule has 0 bridgehead atoms. The molecule has 214 valence electrons. The number of benzene rings is 3. The molecule has 0 aliphatic carbocycles. The first-order valence-corrected chi connectivity index (χ1v) is 13.9. The molecule has 1 aromatic heterocycles. The fraction of sp³-hybridized carbons (Fsp3) is 0.233. The fourth-order valence-electron chi connectivity index (χ4n) is 4.89. The second-order valence-electron chi connectivity index (χ2n) is 9.90.